The van der Waals surface area contributed by atoms with Gasteiger partial charge in [-0.3, -0.25) is 4.79 Å². The first kappa shape index (κ1) is 14.3. The van der Waals surface area contributed by atoms with Crippen molar-refractivity contribution in [3.63, 3.8) is 0 Å². The van der Waals surface area contributed by atoms with Crippen LogP contribution in [0.2, 0.25) is 0 Å². The van der Waals surface area contributed by atoms with E-state index in [9.17, 15) is 4.79 Å². The summed E-state index contributed by atoms with van der Waals surface area (Å²) in [6, 6.07) is 14.9. The van der Waals surface area contributed by atoms with E-state index in [-0.39, 0.29) is 11.4 Å². The number of rotatable bonds is 3. The molecule has 0 spiro atoms. The predicted molar refractivity (Wildman–Crippen MR) is 81.4 cm³/mol. The summed E-state index contributed by atoms with van der Waals surface area (Å²) in [6.07, 6.45) is 0. The van der Waals surface area contributed by atoms with E-state index < -0.39 is 0 Å². The Hall–Kier alpha value is -2.09. The molecule has 104 valence electrons. The number of carbonyl (C=O) groups excluding carboxylic acids is 1. The first-order valence-electron chi connectivity index (χ1n) is 6.76. The molecule has 0 radical (unpaired) electrons. The molecule has 0 bridgehead atoms. The normalized spacial score (nSPS) is 11.2. The van der Waals surface area contributed by atoms with Crippen molar-refractivity contribution in [2.45, 2.75) is 33.3 Å². The van der Waals surface area contributed by atoms with Gasteiger partial charge in [0.15, 0.2) is 5.78 Å². The molecule has 0 N–H and O–H groups in total. The fraction of sp³-hybridized carbons (Fsp3) is 0.278. The summed E-state index contributed by atoms with van der Waals surface area (Å²) in [5.41, 5.74) is 2.25. The lowest BCUT2D eigenvalue weighted by atomic mass is 10.0. The number of benzene rings is 2. The van der Waals surface area contributed by atoms with Gasteiger partial charge < -0.3 is 4.74 Å². The zero-order chi connectivity index (χ0) is 14.8. The SMILES string of the molecule is Cc1cccc(C(=O)c2ccc(OC(C)(C)C)cc2)c1. The van der Waals surface area contributed by atoms with Gasteiger partial charge >= 0.3 is 0 Å². The standard InChI is InChI=1S/C18H20O2/c1-13-6-5-7-15(12-13)17(19)14-8-10-16(11-9-14)20-18(2,3)4/h5-12H,1-4H3. The number of hydrogen-bond acceptors (Lipinski definition) is 2. The molecule has 0 amide bonds. The van der Waals surface area contributed by atoms with E-state index in [0.717, 1.165) is 16.9 Å². The maximum atomic E-state index is 12.4. The first-order chi connectivity index (χ1) is 9.35. The summed E-state index contributed by atoms with van der Waals surface area (Å²) >= 11 is 0. The highest BCUT2D eigenvalue weighted by molar-refractivity contribution is 6.09. The molecule has 2 aromatic rings. The summed E-state index contributed by atoms with van der Waals surface area (Å²) < 4.78 is 5.75. The highest BCUT2D eigenvalue weighted by atomic mass is 16.5. The van der Waals surface area contributed by atoms with Crippen LogP contribution in [0.25, 0.3) is 0 Å². The Labute approximate surface area is 120 Å². The summed E-state index contributed by atoms with van der Waals surface area (Å²) in [7, 11) is 0. The van der Waals surface area contributed by atoms with E-state index in [1.165, 1.54) is 0 Å². The van der Waals surface area contributed by atoms with Crippen LogP contribution in [0.3, 0.4) is 0 Å². The molecule has 20 heavy (non-hydrogen) atoms. The molecule has 0 aliphatic rings. The van der Waals surface area contributed by atoms with Gasteiger partial charge in [-0.15, -0.1) is 0 Å². The van der Waals surface area contributed by atoms with Crippen LogP contribution in [-0.2, 0) is 0 Å². The number of ether oxygens (including phenoxy) is 1. The van der Waals surface area contributed by atoms with Crippen molar-refractivity contribution >= 4 is 5.78 Å². The van der Waals surface area contributed by atoms with Crippen LogP contribution in [0.15, 0.2) is 48.5 Å². The molecule has 2 nitrogen and oxygen atoms in total. The minimum absolute atomic E-state index is 0.0380. The summed E-state index contributed by atoms with van der Waals surface area (Å²) in [4.78, 5) is 12.4. The van der Waals surface area contributed by atoms with E-state index in [2.05, 4.69) is 0 Å². The predicted octanol–water partition coefficient (Wildman–Crippen LogP) is 4.40. The first-order valence-corrected chi connectivity index (χ1v) is 6.76. The van der Waals surface area contributed by atoms with Crippen LogP contribution >= 0.6 is 0 Å². The van der Waals surface area contributed by atoms with Crippen LogP contribution in [0.4, 0.5) is 0 Å². The summed E-state index contributed by atoms with van der Waals surface area (Å²) in [5, 5.41) is 0. The second kappa shape index (κ2) is 5.49. The third-order valence-electron chi connectivity index (χ3n) is 2.82. The fourth-order valence-corrected chi connectivity index (χ4v) is 1.98. The van der Waals surface area contributed by atoms with Gasteiger partial charge in [-0.25, -0.2) is 0 Å². The van der Waals surface area contributed by atoms with Crippen molar-refractivity contribution in [1.29, 1.82) is 0 Å². The molecule has 0 aliphatic heterocycles. The average Bonchev–Trinajstić information content (AvgIpc) is 2.37. The fourth-order valence-electron chi connectivity index (χ4n) is 1.98. The molecule has 0 fully saturated rings. The van der Waals surface area contributed by atoms with Gasteiger partial charge in [0, 0.05) is 11.1 Å². The second-order valence-corrected chi connectivity index (χ2v) is 5.94. The lowest BCUT2D eigenvalue weighted by molar-refractivity contribution is 0.103. The molecule has 2 rings (SSSR count). The smallest absolute Gasteiger partial charge is 0.193 e. The van der Waals surface area contributed by atoms with Crippen molar-refractivity contribution in [3.05, 3.63) is 65.2 Å². The van der Waals surface area contributed by atoms with E-state index in [1.54, 1.807) is 0 Å². The van der Waals surface area contributed by atoms with Gasteiger partial charge in [0.2, 0.25) is 0 Å². The number of aryl methyl sites for hydroxylation is 1. The van der Waals surface area contributed by atoms with E-state index in [4.69, 9.17) is 4.74 Å². The molecule has 0 aromatic heterocycles. The molecule has 2 aromatic carbocycles. The van der Waals surface area contributed by atoms with Crippen molar-refractivity contribution in [2.24, 2.45) is 0 Å². The number of carbonyl (C=O) groups is 1. The van der Waals surface area contributed by atoms with Gasteiger partial charge in [0.05, 0.1) is 0 Å². The lowest BCUT2D eigenvalue weighted by Crippen LogP contribution is -2.22. The van der Waals surface area contributed by atoms with Crippen LogP contribution < -0.4 is 4.74 Å². The van der Waals surface area contributed by atoms with Crippen LogP contribution in [-0.4, -0.2) is 11.4 Å². The summed E-state index contributed by atoms with van der Waals surface area (Å²) in [6.45, 7) is 7.98. The second-order valence-electron chi connectivity index (χ2n) is 5.94. The topological polar surface area (TPSA) is 26.3 Å². The molecule has 0 unspecified atom stereocenters. The molecule has 0 aliphatic carbocycles. The molecular weight excluding hydrogens is 248 g/mol. The van der Waals surface area contributed by atoms with Gasteiger partial charge in [-0.1, -0.05) is 23.8 Å². The highest BCUT2D eigenvalue weighted by Crippen LogP contribution is 2.20. The average molecular weight is 268 g/mol. The van der Waals surface area contributed by atoms with Crippen LogP contribution in [0, 0.1) is 6.92 Å². The molecule has 0 saturated carbocycles. The van der Waals surface area contributed by atoms with Crippen LogP contribution in [0.5, 0.6) is 5.75 Å². The van der Waals surface area contributed by atoms with Gasteiger partial charge in [0.1, 0.15) is 11.4 Å². The van der Waals surface area contributed by atoms with Crippen molar-refractivity contribution in [3.8, 4) is 5.75 Å². The van der Waals surface area contributed by atoms with Crippen LogP contribution in [0.1, 0.15) is 42.3 Å². The maximum Gasteiger partial charge on any atom is 0.193 e. The van der Waals surface area contributed by atoms with Gasteiger partial charge in [0.25, 0.3) is 0 Å². The lowest BCUT2D eigenvalue weighted by Gasteiger charge is -2.21. The third kappa shape index (κ3) is 3.70. The quantitative estimate of drug-likeness (QED) is 0.771. The zero-order valence-corrected chi connectivity index (χ0v) is 12.4. The third-order valence-corrected chi connectivity index (χ3v) is 2.82. The number of ketones is 1. The molecule has 2 heteroatoms. The van der Waals surface area contributed by atoms with Crippen molar-refractivity contribution in [2.75, 3.05) is 0 Å². The van der Waals surface area contributed by atoms with Crippen molar-refractivity contribution < 1.29 is 9.53 Å². The highest BCUT2D eigenvalue weighted by Gasteiger charge is 2.13. The molecule has 0 saturated heterocycles. The maximum absolute atomic E-state index is 12.4. The Kier molecular flexibility index (Phi) is 3.93. The Morgan fingerprint density at radius 1 is 0.950 bits per heavy atom. The Bertz CT molecular complexity index is 604. The van der Waals surface area contributed by atoms with E-state index in [0.29, 0.717) is 5.56 Å². The minimum atomic E-state index is -0.234. The summed E-state index contributed by atoms with van der Waals surface area (Å²) in [5.74, 6) is 0.814. The van der Waals surface area contributed by atoms with Gasteiger partial charge in [-0.2, -0.15) is 0 Å². The number of hydrogen-bond donors (Lipinski definition) is 0. The van der Waals surface area contributed by atoms with E-state index >= 15 is 0 Å². The largest absolute Gasteiger partial charge is 0.488 e. The minimum Gasteiger partial charge on any atom is -0.488 e. The Balaban J connectivity index is 2.20. The molecule has 0 atom stereocenters. The molecule has 0 heterocycles. The Morgan fingerprint density at radius 3 is 2.15 bits per heavy atom. The van der Waals surface area contributed by atoms with E-state index in [1.807, 2.05) is 76.2 Å². The Morgan fingerprint density at radius 2 is 1.60 bits per heavy atom. The van der Waals surface area contributed by atoms with Gasteiger partial charge in [-0.05, 0) is 58.0 Å². The molecular formula is C18H20O2. The zero-order valence-electron chi connectivity index (χ0n) is 12.4. The van der Waals surface area contributed by atoms with Crippen molar-refractivity contribution in [1.82, 2.24) is 0 Å². The monoisotopic (exact) mass is 268 g/mol.